The van der Waals surface area contributed by atoms with Crippen molar-refractivity contribution in [2.24, 2.45) is 0 Å². The summed E-state index contributed by atoms with van der Waals surface area (Å²) in [4.78, 5) is 34.7. The Labute approximate surface area is 124 Å². The van der Waals surface area contributed by atoms with Gasteiger partial charge in [-0.2, -0.15) is 0 Å². The van der Waals surface area contributed by atoms with E-state index in [-0.39, 0.29) is 36.0 Å². The molecule has 1 aliphatic rings. The van der Waals surface area contributed by atoms with Crippen LogP contribution in [0.3, 0.4) is 0 Å². The molecule has 0 radical (unpaired) electrons. The van der Waals surface area contributed by atoms with Crippen molar-refractivity contribution in [3.63, 3.8) is 0 Å². The molecule has 1 saturated heterocycles. The van der Waals surface area contributed by atoms with E-state index < -0.39 is 22.8 Å². The molecule has 9 heteroatoms. The van der Waals surface area contributed by atoms with Crippen LogP contribution in [0.2, 0.25) is 5.02 Å². The van der Waals surface area contributed by atoms with E-state index in [2.05, 4.69) is 0 Å². The first-order valence-corrected chi connectivity index (χ1v) is 6.34. The number of ether oxygens (including phenoxy) is 1. The highest BCUT2D eigenvalue weighted by Gasteiger charge is 2.33. The lowest BCUT2D eigenvalue weighted by Gasteiger charge is -2.32. The predicted octanol–water partition coefficient (Wildman–Crippen LogP) is 1.17. The highest BCUT2D eigenvalue weighted by molar-refractivity contribution is 6.31. The Morgan fingerprint density at radius 3 is 2.76 bits per heavy atom. The maximum absolute atomic E-state index is 12.4. The van der Waals surface area contributed by atoms with Gasteiger partial charge in [0.25, 0.3) is 11.6 Å². The van der Waals surface area contributed by atoms with Gasteiger partial charge in [-0.3, -0.25) is 14.9 Å². The molecule has 8 nitrogen and oxygen atoms in total. The fourth-order valence-electron chi connectivity index (χ4n) is 2.02. The van der Waals surface area contributed by atoms with Crippen LogP contribution in [0.25, 0.3) is 0 Å². The number of morpholine rings is 1. The Bertz CT molecular complexity index is 605. The van der Waals surface area contributed by atoms with Crippen molar-refractivity contribution in [1.29, 1.82) is 0 Å². The zero-order valence-corrected chi connectivity index (χ0v) is 11.4. The molecule has 1 amide bonds. The molecule has 2 rings (SSSR count). The second-order valence-corrected chi connectivity index (χ2v) is 4.82. The van der Waals surface area contributed by atoms with Gasteiger partial charge >= 0.3 is 5.97 Å². The third kappa shape index (κ3) is 3.29. The molecular formula is C12H11ClN2O6. The second-order valence-electron chi connectivity index (χ2n) is 4.38. The predicted molar refractivity (Wildman–Crippen MR) is 71.4 cm³/mol. The maximum atomic E-state index is 12.4. The van der Waals surface area contributed by atoms with Crippen LogP contribution in [-0.2, 0) is 9.53 Å². The molecule has 1 fully saturated rings. The summed E-state index contributed by atoms with van der Waals surface area (Å²) < 4.78 is 5.04. The Balaban J connectivity index is 2.34. The first kappa shape index (κ1) is 15.2. The molecule has 1 aromatic rings. The molecular weight excluding hydrogens is 304 g/mol. The van der Waals surface area contributed by atoms with Gasteiger partial charge in [0.1, 0.15) is 0 Å². The number of rotatable bonds is 3. The van der Waals surface area contributed by atoms with Crippen LogP contribution in [-0.4, -0.2) is 52.6 Å². The molecule has 21 heavy (non-hydrogen) atoms. The van der Waals surface area contributed by atoms with Crippen LogP contribution < -0.4 is 0 Å². The standard InChI is InChI=1S/C12H11ClN2O6/c13-8-3-7(4-9(5-8)15(19)20)11(16)14-1-2-21-6-10(14)12(17)18/h3-5,10H,1-2,6H2,(H,17,18). The third-order valence-electron chi connectivity index (χ3n) is 3.01. The van der Waals surface area contributed by atoms with E-state index in [9.17, 15) is 19.7 Å². The first-order chi connectivity index (χ1) is 9.90. The van der Waals surface area contributed by atoms with Gasteiger partial charge in [0.2, 0.25) is 0 Å². The lowest BCUT2D eigenvalue weighted by Crippen LogP contribution is -2.52. The molecule has 0 spiro atoms. The number of benzene rings is 1. The van der Waals surface area contributed by atoms with Gasteiger partial charge in [0, 0.05) is 29.3 Å². The van der Waals surface area contributed by atoms with E-state index in [0.717, 1.165) is 17.0 Å². The average Bonchev–Trinajstić information content (AvgIpc) is 2.45. The maximum Gasteiger partial charge on any atom is 0.328 e. The van der Waals surface area contributed by atoms with Gasteiger partial charge in [-0.25, -0.2) is 4.79 Å². The number of hydrogen-bond acceptors (Lipinski definition) is 5. The van der Waals surface area contributed by atoms with Gasteiger partial charge in [-0.1, -0.05) is 11.6 Å². The van der Waals surface area contributed by atoms with E-state index >= 15 is 0 Å². The summed E-state index contributed by atoms with van der Waals surface area (Å²) in [5.41, 5.74) is -0.353. The smallest absolute Gasteiger partial charge is 0.328 e. The Morgan fingerprint density at radius 1 is 1.43 bits per heavy atom. The Kier molecular flexibility index (Phi) is 4.39. The van der Waals surface area contributed by atoms with E-state index in [1.165, 1.54) is 6.07 Å². The summed E-state index contributed by atoms with van der Waals surface area (Å²) in [5.74, 6) is -1.82. The van der Waals surface area contributed by atoms with Crippen LogP contribution in [0.5, 0.6) is 0 Å². The van der Waals surface area contributed by atoms with Crippen molar-refractivity contribution >= 4 is 29.2 Å². The molecule has 0 aromatic heterocycles. The summed E-state index contributed by atoms with van der Waals surface area (Å²) in [5, 5.41) is 19.9. The lowest BCUT2D eigenvalue weighted by atomic mass is 10.1. The zero-order valence-electron chi connectivity index (χ0n) is 10.7. The highest BCUT2D eigenvalue weighted by atomic mass is 35.5. The molecule has 0 bridgehead atoms. The monoisotopic (exact) mass is 314 g/mol. The molecule has 1 unspecified atom stereocenters. The summed E-state index contributed by atoms with van der Waals surface area (Å²) >= 11 is 5.76. The molecule has 0 saturated carbocycles. The molecule has 1 N–H and O–H groups in total. The van der Waals surface area contributed by atoms with Crippen molar-refractivity contribution < 1.29 is 24.4 Å². The number of halogens is 1. The first-order valence-electron chi connectivity index (χ1n) is 5.96. The van der Waals surface area contributed by atoms with E-state index in [1.807, 2.05) is 0 Å². The number of carboxylic acid groups (broad SMARTS) is 1. The molecule has 0 aliphatic carbocycles. The number of hydrogen-bond donors (Lipinski definition) is 1. The molecule has 112 valence electrons. The Morgan fingerprint density at radius 2 is 2.14 bits per heavy atom. The van der Waals surface area contributed by atoms with Crippen molar-refractivity contribution in [1.82, 2.24) is 4.90 Å². The largest absolute Gasteiger partial charge is 0.480 e. The highest BCUT2D eigenvalue weighted by Crippen LogP contribution is 2.23. The minimum absolute atomic E-state index is 0.0256. The number of amides is 1. The van der Waals surface area contributed by atoms with Crippen molar-refractivity contribution in [2.45, 2.75) is 6.04 Å². The molecule has 1 atom stereocenters. The van der Waals surface area contributed by atoms with Crippen LogP contribution >= 0.6 is 11.6 Å². The number of carbonyl (C=O) groups excluding carboxylic acids is 1. The summed E-state index contributed by atoms with van der Waals surface area (Å²) in [6, 6.07) is 2.34. The normalized spacial score (nSPS) is 18.3. The van der Waals surface area contributed by atoms with Crippen molar-refractivity contribution in [3.05, 3.63) is 38.9 Å². The lowest BCUT2D eigenvalue weighted by molar-refractivity contribution is -0.384. The number of nitro groups is 1. The van der Waals surface area contributed by atoms with Gasteiger partial charge in [0.15, 0.2) is 6.04 Å². The van der Waals surface area contributed by atoms with E-state index in [0.29, 0.717) is 0 Å². The number of non-ortho nitro benzene ring substituents is 1. The van der Waals surface area contributed by atoms with Gasteiger partial charge in [0.05, 0.1) is 18.1 Å². The number of aliphatic carboxylic acids is 1. The van der Waals surface area contributed by atoms with Gasteiger partial charge in [-0.05, 0) is 6.07 Å². The SMILES string of the molecule is O=C(O)C1COCCN1C(=O)c1cc(Cl)cc([N+](=O)[O-])c1. The molecule has 1 aromatic carbocycles. The van der Waals surface area contributed by atoms with Crippen LogP contribution in [0, 0.1) is 10.1 Å². The Hall–Kier alpha value is -2.19. The molecule has 1 heterocycles. The summed E-state index contributed by atoms with van der Waals surface area (Å²) in [7, 11) is 0. The van der Waals surface area contributed by atoms with Crippen LogP contribution in [0.1, 0.15) is 10.4 Å². The van der Waals surface area contributed by atoms with E-state index in [1.54, 1.807) is 0 Å². The van der Waals surface area contributed by atoms with Crippen LogP contribution in [0.4, 0.5) is 5.69 Å². The average molecular weight is 315 g/mol. The number of nitrogens with zero attached hydrogens (tertiary/aromatic N) is 2. The van der Waals surface area contributed by atoms with E-state index in [4.69, 9.17) is 21.4 Å². The van der Waals surface area contributed by atoms with Gasteiger partial charge < -0.3 is 14.7 Å². The van der Waals surface area contributed by atoms with Crippen molar-refractivity contribution in [3.8, 4) is 0 Å². The van der Waals surface area contributed by atoms with Gasteiger partial charge in [-0.15, -0.1) is 0 Å². The third-order valence-corrected chi connectivity index (χ3v) is 3.23. The fourth-order valence-corrected chi connectivity index (χ4v) is 2.25. The fraction of sp³-hybridized carbons (Fsp3) is 0.333. The topological polar surface area (TPSA) is 110 Å². The minimum Gasteiger partial charge on any atom is -0.480 e. The molecule has 1 aliphatic heterocycles. The zero-order chi connectivity index (χ0) is 15.6. The summed E-state index contributed by atoms with van der Waals surface area (Å²) in [6.07, 6.45) is 0. The minimum atomic E-state index is -1.19. The van der Waals surface area contributed by atoms with Crippen molar-refractivity contribution in [2.75, 3.05) is 19.8 Å². The number of carboxylic acids is 1. The summed E-state index contributed by atoms with van der Waals surface area (Å²) in [6.45, 7) is 0.179. The van der Waals surface area contributed by atoms with Crippen LogP contribution in [0.15, 0.2) is 18.2 Å². The number of nitro benzene ring substituents is 1. The second kappa shape index (κ2) is 6.06. The quantitative estimate of drug-likeness (QED) is 0.662. The number of carbonyl (C=O) groups is 2.